The normalized spacial score (nSPS) is 16.7. The van der Waals surface area contributed by atoms with Gasteiger partial charge in [-0.15, -0.1) is 0 Å². The van der Waals surface area contributed by atoms with Crippen LogP contribution < -0.4 is 15.0 Å². The molecule has 0 unspecified atom stereocenters. The minimum atomic E-state index is -0.453. The second-order valence-corrected chi connectivity index (χ2v) is 7.95. The number of imide groups is 2. The fourth-order valence-electron chi connectivity index (χ4n) is 3.46. The van der Waals surface area contributed by atoms with Gasteiger partial charge in [0.25, 0.3) is 23.0 Å². The summed E-state index contributed by atoms with van der Waals surface area (Å²) in [5, 5.41) is 1.84. The number of carbonyl (C=O) groups excluding carboxylic acids is 4. The van der Waals surface area contributed by atoms with Crippen molar-refractivity contribution in [3.05, 3.63) is 76.4 Å². The van der Waals surface area contributed by atoms with Crippen LogP contribution in [0.25, 0.3) is 17.4 Å². The van der Waals surface area contributed by atoms with E-state index in [0.29, 0.717) is 34.1 Å². The summed E-state index contributed by atoms with van der Waals surface area (Å²) in [6, 6.07) is 14.8. The molecule has 158 valence electrons. The standard InChI is InChI=1S/C23H14N2O6S/c1-30-14-5-3-13(4-6-14)25-22(28)19(32-23(25)29)11-15-7-9-18(31-15)12-2-8-16-17(10-12)21(27)24-20(16)26/h2-11H,1H3,(H,24,26,27)/b19-11-. The van der Waals surface area contributed by atoms with Crippen molar-refractivity contribution in [1.82, 2.24) is 5.32 Å². The van der Waals surface area contributed by atoms with E-state index in [1.807, 2.05) is 0 Å². The van der Waals surface area contributed by atoms with Gasteiger partial charge in [-0.25, -0.2) is 4.90 Å². The predicted molar refractivity (Wildman–Crippen MR) is 117 cm³/mol. The molecule has 8 nitrogen and oxygen atoms in total. The average molecular weight is 446 g/mol. The van der Waals surface area contributed by atoms with E-state index < -0.39 is 23.0 Å². The molecule has 0 saturated carbocycles. The van der Waals surface area contributed by atoms with Crippen molar-refractivity contribution >= 4 is 46.5 Å². The number of anilines is 1. The van der Waals surface area contributed by atoms with Gasteiger partial charge in [-0.1, -0.05) is 6.07 Å². The van der Waals surface area contributed by atoms with Gasteiger partial charge in [0.2, 0.25) is 0 Å². The molecule has 5 rings (SSSR count). The zero-order valence-electron chi connectivity index (χ0n) is 16.6. The molecule has 1 aromatic heterocycles. The summed E-state index contributed by atoms with van der Waals surface area (Å²) in [6.07, 6.45) is 1.50. The van der Waals surface area contributed by atoms with Crippen LogP contribution in [-0.2, 0) is 4.79 Å². The number of hydrogen-bond donors (Lipinski definition) is 1. The van der Waals surface area contributed by atoms with Crippen LogP contribution >= 0.6 is 11.8 Å². The van der Waals surface area contributed by atoms with E-state index in [1.165, 1.54) is 13.2 Å². The molecule has 32 heavy (non-hydrogen) atoms. The lowest BCUT2D eigenvalue weighted by Crippen LogP contribution is -2.27. The lowest BCUT2D eigenvalue weighted by atomic mass is 10.0. The molecule has 1 N–H and O–H groups in total. The van der Waals surface area contributed by atoms with Crippen LogP contribution in [0, 0.1) is 0 Å². The van der Waals surface area contributed by atoms with Gasteiger partial charge in [0.15, 0.2) is 0 Å². The first kappa shape index (κ1) is 19.8. The highest BCUT2D eigenvalue weighted by Gasteiger charge is 2.36. The van der Waals surface area contributed by atoms with Crippen molar-refractivity contribution < 1.29 is 28.3 Å². The molecule has 4 amide bonds. The van der Waals surface area contributed by atoms with Gasteiger partial charge in [0.05, 0.1) is 28.8 Å². The van der Waals surface area contributed by atoms with Gasteiger partial charge in [0.1, 0.15) is 17.3 Å². The van der Waals surface area contributed by atoms with Crippen LogP contribution in [0.4, 0.5) is 10.5 Å². The molecule has 9 heteroatoms. The Morgan fingerprint density at radius 2 is 1.69 bits per heavy atom. The van der Waals surface area contributed by atoms with E-state index in [2.05, 4.69) is 5.32 Å². The monoisotopic (exact) mass is 446 g/mol. The number of amides is 4. The second kappa shape index (κ2) is 7.54. The topological polar surface area (TPSA) is 106 Å². The summed E-state index contributed by atoms with van der Waals surface area (Å²) in [5.41, 5.74) is 1.66. The third-order valence-electron chi connectivity index (χ3n) is 5.04. The lowest BCUT2D eigenvalue weighted by Gasteiger charge is -2.12. The molecule has 0 spiro atoms. The molecule has 2 aromatic carbocycles. The lowest BCUT2D eigenvalue weighted by molar-refractivity contribution is -0.113. The van der Waals surface area contributed by atoms with Crippen molar-refractivity contribution in [3.63, 3.8) is 0 Å². The quantitative estimate of drug-likeness (QED) is 0.475. The highest BCUT2D eigenvalue weighted by Crippen LogP contribution is 2.37. The highest BCUT2D eigenvalue weighted by molar-refractivity contribution is 8.19. The van der Waals surface area contributed by atoms with Crippen LogP contribution in [0.5, 0.6) is 5.75 Å². The van der Waals surface area contributed by atoms with E-state index >= 15 is 0 Å². The zero-order valence-corrected chi connectivity index (χ0v) is 17.4. The first-order valence-electron chi connectivity index (χ1n) is 9.46. The van der Waals surface area contributed by atoms with E-state index in [4.69, 9.17) is 9.15 Å². The highest BCUT2D eigenvalue weighted by atomic mass is 32.2. The molecule has 1 fully saturated rings. The van der Waals surface area contributed by atoms with Gasteiger partial charge in [-0.05, 0) is 60.3 Å². The molecule has 2 aliphatic rings. The second-order valence-electron chi connectivity index (χ2n) is 6.96. The Labute approximate surface area is 185 Å². The summed E-state index contributed by atoms with van der Waals surface area (Å²) in [6.45, 7) is 0. The van der Waals surface area contributed by atoms with Crippen molar-refractivity contribution in [1.29, 1.82) is 0 Å². The average Bonchev–Trinajstić information content (AvgIpc) is 3.45. The molecule has 3 heterocycles. The van der Waals surface area contributed by atoms with Crippen LogP contribution in [0.3, 0.4) is 0 Å². The smallest absolute Gasteiger partial charge is 0.298 e. The number of rotatable bonds is 4. The molecule has 0 aliphatic carbocycles. The maximum absolute atomic E-state index is 12.8. The third kappa shape index (κ3) is 3.28. The van der Waals surface area contributed by atoms with E-state index in [9.17, 15) is 19.2 Å². The summed E-state index contributed by atoms with van der Waals surface area (Å²) in [5.74, 6) is 0.126. The Balaban J connectivity index is 1.40. The Hall–Kier alpha value is -4.11. The molecule has 3 aromatic rings. The number of ether oxygens (including phenoxy) is 1. The van der Waals surface area contributed by atoms with E-state index in [-0.39, 0.29) is 10.5 Å². The predicted octanol–water partition coefficient (Wildman–Crippen LogP) is 4.08. The molecular formula is C23H14N2O6S. The minimum absolute atomic E-state index is 0.227. The fraction of sp³-hybridized carbons (Fsp3) is 0.0435. The van der Waals surface area contributed by atoms with Gasteiger partial charge in [-0.3, -0.25) is 24.5 Å². The van der Waals surface area contributed by atoms with Crippen molar-refractivity contribution in [2.75, 3.05) is 12.0 Å². The summed E-state index contributed by atoms with van der Waals surface area (Å²) < 4.78 is 10.9. The Kier molecular flexibility index (Phi) is 4.67. The number of nitrogens with one attached hydrogen (secondary N) is 1. The van der Waals surface area contributed by atoms with E-state index in [0.717, 1.165) is 16.7 Å². The van der Waals surface area contributed by atoms with Crippen LogP contribution in [0.2, 0.25) is 0 Å². The van der Waals surface area contributed by atoms with Crippen molar-refractivity contribution in [3.8, 4) is 17.1 Å². The Morgan fingerprint density at radius 1 is 0.938 bits per heavy atom. The minimum Gasteiger partial charge on any atom is -0.497 e. The third-order valence-corrected chi connectivity index (χ3v) is 5.91. The number of methoxy groups -OCH3 is 1. The number of furan rings is 1. The summed E-state index contributed by atoms with van der Waals surface area (Å²) >= 11 is 0.820. The summed E-state index contributed by atoms with van der Waals surface area (Å²) in [4.78, 5) is 50.2. The number of nitrogens with zero attached hydrogens (tertiary/aromatic N) is 1. The van der Waals surface area contributed by atoms with Gasteiger partial charge in [-0.2, -0.15) is 0 Å². The largest absolute Gasteiger partial charge is 0.497 e. The number of carbonyl (C=O) groups is 4. The van der Waals surface area contributed by atoms with Crippen LogP contribution in [0.1, 0.15) is 26.5 Å². The first-order valence-corrected chi connectivity index (χ1v) is 10.3. The molecule has 0 radical (unpaired) electrons. The number of thioether (sulfide) groups is 1. The number of fused-ring (bicyclic) bond motifs is 1. The fourth-order valence-corrected chi connectivity index (χ4v) is 4.28. The number of benzene rings is 2. The Morgan fingerprint density at radius 3 is 2.44 bits per heavy atom. The number of hydrogen-bond acceptors (Lipinski definition) is 7. The van der Waals surface area contributed by atoms with Crippen LogP contribution in [-0.4, -0.2) is 30.1 Å². The maximum atomic E-state index is 12.8. The van der Waals surface area contributed by atoms with Crippen molar-refractivity contribution in [2.24, 2.45) is 0 Å². The van der Waals surface area contributed by atoms with Gasteiger partial charge < -0.3 is 9.15 Å². The van der Waals surface area contributed by atoms with Crippen LogP contribution in [0.15, 0.2) is 63.9 Å². The molecule has 2 aliphatic heterocycles. The maximum Gasteiger partial charge on any atom is 0.298 e. The zero-order chi connectivity index (χ0) is 22.4. The van der Waals surface area contributed by atoms with Crippen molar-refractivity contribution in [2.45, 2.75) is 0 Å². The molecule has 0 atom stereocenters. The van der Waals surface area contributed by atoms with Gasteiger partial charge >= 0.3 is 0 Å². The molecule has 1 saturated heterocycles. The van der Waals surface area contributed by atoms with E-state index in [1.54, 1.807) is 54.6 Å². The Bertz CT molecular complexity index is 1340. The van der Waals surface area contributed by atoms with Gasteiger partial charge in [0, 0.05) is 11.6 Å². The summed E-state index contributed by atoms with van der Waals surface area (Å²) in [7, 11) is 1.53. The molecular weight excluding hydrogens is 432 g/mol. The SMILES string of the molecule is COc1ccc(N2C(=O)S/C(=C\c3ccc(-c4ccc5c(c4)C(=O)NC5=O)o3)C2=O)cc1. The first-order chi connectivity index (χ1) is 15.4. The molecule has 0 bridgehead atoms.